The number of rotatable bonds is 3. The SMILES string of the molecule is CO[C@]1(/C=C/C2(C)OCCO2)C(=O)[C@H]2C3COC(C)(C)OC3C=C[C@@]2(C)[C@@H]2O[C@@H]2CC1(C)C. The molecule has 3 heterocycles. The van der Waals surface area contributed by atoms with Gasteiger partial charge in [0.05, 0.1) is 38.1 Å². The Kier molecular flexibility index (Phi) is 5.34. The summed E-state index contributed by atoms with van der Waals surface area (Å²) in [5, 5.41) is 0. The maximum Gasteiger partial charge on any atom is 0.185 e. The van der Waals surface area contributed by atoms with E-state index in [1.165, 1.54) is 0 Å². The first-order valence-electron chi connectivity index (χ1n) is 12.1. The largest absolute Gasteiger partial charge is 0.369 e. The van der Waals surface area contributed by atoms with Gasteiger partial charge in [-0.05, 0) is 39.3 Å². The van der Waals surface area contributed by atoms with Crippen molar-refractivity contribution in [3.05, 3.63) is 24.3 Å². The Morgan fingerprint density at radius 3 is 2.39 bits per heavy atom. The molecular formula is C26H38O7. The van der Waals surface area contributed by atoms with Crippen LogP contribution in [0.5, 0.6) is 0 Å². The normalized spacial score (nSPS) is 47.4. The third-order valence-electron chi connectivity index (χ3n) is 8.57. The first-order valence-corrected chi connectivity index (χ1v) is 12.1. The minimum atomic E-state index is -1.18. The Bertz CT molecular complexity index is 870. The van der Waals surface area contributed by atoms with Crippen LogP contribution in [0.2, 0.25) is 0 Å². The quantitative estimate of drug-likeness (QED) is 0.470. The van der Waals surface area contributed by atoms with E-state index in [4.69, 9.17) is 28.4 Å². The molecule has 2 unspecified atom stereocenters. The van der Waals surface area contributed by atoms with E-state index in [9.17, 15) is 4.79 Å². The zero-order valence-electron chi connectivity index (χ0n) is 20.9. The second-order valence-corrected chi connectivity index (χ2v) is 11.7. The van der Waals surface area contributed by atoms with Crippen molar-refractivity contribution in [1.29, 1.82) is 0 Å². The van der Waals surface area contributed by atoms with Gasteiger partial charge in [0, 0.05) is 29.8 Å². The van der Waals surface area contributed by atoms with Gasteiger partial charge in [-0.2, -0.15) is 0 Å². The molecule has 0 radical (unpaired) electrons. The number of methoxy groups -OCH3 is 1. The van der Waals surface area contributed by atoms with Crippen molar-refractivity contribution in [2.24, 2.45) is 22.7 Å². The Balaban J connectivity index is 1.61. The number of epoxide rings is 1. The van der Waals surface area contributed by atoms with Crippen LogP contribution in [-0.4, -0.2) is 68.2 Å². The summed E-state index contributed by atoms with van der Waals surface area (Å²) in [4.78, 5) is 14.7. The zero-order valence-corrected chi connectivity index (χ0v) is 20.9. The Morgan fingerprint density at radius 2 is 1.73 bits per heavy atom. The molecule has 7 nitrogen and oxygen atoms in total. The Morgan fingerprint density at radius 1 is 1.03 bits per heavy atom. The van der Waals surface area contributed by atoms with Crippen molar-refractivity contribution in [2.75, 3.05) is 26.9 Å². The van der Waals surface area contributed by atoms with Crippen molar-refractivity contribution in [1.82, 2.24) is 0 Å². The van der Waals surface area contributed by atoms with Crippen LogP contribution in [-0.2, 0) is 33.2 Å². The molecule has 0 spiro atoms. The molecule has 7 atom stereocenters. The summed E-state index contributed by atoms with van der Waals surface area (Å²) in [6, 6.07) is 0. The molecule has 3 aliphatic heterocycles. The van der Waals surface area contributed by atoms with Gasteiger partial charge in [0.25, 0.3) is 0 Å². The fourth-order valence-corrected chi connectivity index (χ4v) is 6.64. The molecule has 2 aliphatic carbocycles. The predicted octanol–water partition coefficient (Wildman–Crippen LogP) is 3.42. The maximum absolute atomic E-state index is 14.7. The monoisotopic (exact) mass is 462 g/mol. The van der Waals surface area contributed by atoms with Crippen LogP contribution >= 0.6 is 0 Å². The summed E-state index contributed by atoms with van der Waals surface area (Å²) < 4.78 is 36.4. The first-order chi connectivity index (χ1) is 15.4. The van der Waals surface area contributed by atoms with Gasteiger partial charge in [-0.15, -0.1) is 0 Å². The van der Waals surface area contributed by atoms with E-state index in [0.717, 1.165) is 0 Å². The van der Waals surface area contributed by atoms with Crippen molar-refractivity contribution >= 4 is 5.78 Å². The molecule has 184 valence electrons. The average molecular weight is 463 g/mol. The molecule has 3 saturated heterocycles. The molecule has 5 aliphatic rings. The van der Waals surface area contributed by atoms with Crippen LogP contribution in [0.1, 0.15) is 48.0 Å². The predicted molar refractivity (Wildman–Crippen MR) is 120 cm³/mol. The number of fused-ring (bicyclic) bond motifs is 5. The smallest absolute Gasteiger partial charge is 0.185 e. The summed E-state index contributed by atoms with van der Waals surface area (Å²) in [5.74, 6) is -2.04. The van der Waals surface area contributed by atoms with Crippen LogP contribution in [0.25, 0.3) is 0 Å². The number of carbonyl (C=O) groups excluding carboxylic acids is 1. The van der Waals surface area contributed by atoms with Crippen molar-refractivity contribution in [3.8, 4) is 0 Å². The molecule has 0 aromatic rings. The highest BCUT2D eigenvalue weighted by Crippen LogP contribution is 2.60. The summed E-state index contributed by atoms with van der Waals surface area (Å²) in [6.07, 6.45) is 8.56. The van der Waals surface area contributed by atoms with Crippen LogP contribution in [0.3, 0.4) is 0 Å². The second-order valence-electron chi connectivity index (χ2n) is 11.7. The number of ether oxygens (including phenoxy) is 6. The molecule has 7 heteroatoms. The molecule has 5 rings (SSSR count). The fraction of sp³-hybridized carbons (Fsp3) is 0.808. The van der Waals surface area contributed by atoms with Crippen molar-refractivity contribution < 1.29 is 33.2 Å². The molecule has 0 aromatic carbocycles. The number of carbonyl (C=O) groups is 1. The number of ketones is 1. The molecule has 0 aromatic heterocycles. The molecule has 1 saturated carbocycles. The topological polar surface area (TPSA) is 75.8 Å². The molecular weight excluding hydrogens is 424 g/mol. The fourth-order valence-electron chi connectivity index (χ4n) is 6.64. The van der Waals surface area contributed by atoms with Crippen molar-refractivity contribution in [3.63, 3.8) is 0 Å². The molecule has 0 amide bonds. The van der Waals surface area contributed by atoms with Crippen molar-refractivity contribution in [2.45, 2.75) is 83.5 Å². The van der Waals surface area contributed by atoms with E-state index >= 15 is 0 Å². The molecule has 0 bridgehead atoms. The average Bonchev–Trinajstić information content (AvgIpc) is 3.36. The third kappa shape index (κ3) is 3.58. The maximum atomic E-state index is 14.7. The summed E-state index contributed by atoms with van der Waals surface area (Å²) >= 11 is 0. The summed E-state index contributed by atoms with van der Waals surface area (Å²) in [7, 11) is 1.62. The molecule has 0 N–H and O–H groups in total. The van der Waals surface area contributed by atoms with Crippen LogP contribution < -0.4 is 0 Å². The van der Waals surface area contributed by atoms with Gasteiger partial charge >= 0.3 is 0 Å². The minimum absolute atomic E-state index is 0.00397. The lowest BCUT2D eigenvalue weighted by Crippen LogP contribution is -2.64. The van der Waals surface area contributed by atoms with Gasteiger partial charge in [0.1, 0.15) is 5.60 Å². The lowest BCUT2D eigenvalue weighted by Gasteiger charge is -2.54. The molecule has 4 fully saturated rings. The summed E-state index contributed by atoms with van der Waals surface area (Å²) in [6.45, 7) is 13.5. The van der Waals surface area contributed by atoms with E-state index in [1.807, 2.05) is 32.9 Å². The van der Waals surface area contributed by atoms with E-state index < -0.39 is 28.0 Å². The van der Waals surface area contributed by atoms with Gasteiger partial charge in [-0.3, -0.25) is 4.79 Å². The molecule has 33 heavy (non-hydrogen) atoms. The van der Waals surface area contributed by atoms with Gasteiger partial charge in [-0.25, -0.2) is 0 Å². The third-order valence-corrected chi connectivity index (χ3v) is 8.57. The van der Waals surface area contributed by atoms with Gasteiger partial charge in [-0.1, -0.05) is 32.9 Å². The van der Waals surface area contributed by atoms with Crippen LogP contribution in [0, 0.1) is 22.7 Å². The number of Topliss-reactive ketones (excluding diaryl/α,β-unsaturated/α-hetero) is 1. The highest BCUT2D eigenvalue weighted by atomic mass is 16.7. The lowest BCUT2D eigenvalue weighted by molar-refractivity contribution is -0.293. The number of hydrogen-bond donors (Lipinski definition) is 0. The summed E-state index contributed by atoms with van der Waals surface area (Å²) in [5.41, 5.74) is -2.16. The lowest BCUT2D eigenvalue weighted by atomic mass is 9.53. The van der Waals surface area contributed by atoms with E-state index in [2.05, 4.69) is 32.9 Å². The number of hydrogen-bond acceptors (Lipinski definition) is 7. The highest BCUT2D eigenvalue weighted by molar-refractivity contribution is 5.94. The van der Waals surface area contributed by atoms with Gasteiger partial charge < -0.3 is 28.4 Å². The Labute approximate surface area is 196 Å². The first kappa shape index (κ1) is 23.6. The van der Waals surface area contributed by atoms with Crippen LogP contribution in [0.15, 0.2) is 24.3 Å². The van der Waals surface area contributed by atoms with E-state index in [1.54, 1.807) is 7.11 Å². The van der Waals surface area contributed by atoms with E-state index in [-0.39, 0.29) is 35.9 Å². The van der Waals surface area contributed by atoms with E-state index in [0.29, 0.717) is 26.2 Å². The Hall–Kier alpha value is -1.09. The van der Waals surface area contributed by atoms with Crippen LogP contribution in [0.4, 0.5) is 0 Å². The zero-order chi connectivity index (χ0) is 23.9. The standard InChI is InChI=1S/C26H38O7/c1-22(2)14-18-21(32-18)24(5)9-8-17-16(15-31-23(3,4)33-17)19(24)20(27)26(22,28-7)11-10-25(6)29-12-13-30-25/h8-11,16-19,21H,12-15H2,1-7H3/b11-10+/t16?,17?,18-,19-,21-,24-,26-/m1/s1. The highest BCUT2D eigenvalue weighted by Gasteiger charge is 2.68. The minimum Gasteiger partial charge on any atom is -0.369 e. The van der Waals surface area contributed by atoms with Gasteiger partial charge in [0.15, 0.2) is 17.4 Å². The van der Waals surface area contributed by atoms with Gasteiger partial charge in [0.2, 0.25) is 0 Å². The second kappa shape index (κ2) is 7.45.